The Balaban J connectivity index is 1.54. The van der Waals surface area contributed by atoms with Crippen LogP contribution in [0.1, 0.15) is 40.3 Å². The number of anilines is 1. The molecule has 1 aliphatic heterocycles. The molecule has 1 atom stereocenters. The molecular formula is C22H29N3O3S. The highest BCUT2D eigenvalue weighted by atomic mass is 32.1. The van der Waals surface area contributed by atoms with Gasteiger partial charge in [0.2, 0.25) is 0 Å². The van der Waals surface area contributed by atoms with Gasteiger partial charge in [-0.1, -0.05) is 19.9 Å². The van der Waals surface area contributed by atoms with Crippen molar-refractivity contribution in [2.75, 3.05) is 38.2 Å². The summed E-state index contributed by atoms with van der Waals surface area (Å²) in [5, 5.41) is 7.79. The monoisotopic (exact) mass is 415 g/mol. The molecule has 1 aromatic heterocycles. The van der Waals surface area contributed by atoms with Crippen LogP contribution in [0.5, 0.6) is 0 Å². The average molecular weight is 416 g/mol. The lowest BCUT2D eigenvalue weighted by Gasteiger charge is -2.35. The Bertz CT molecular complexity index is 784. The number of hydrogen-bond donors (Lipinski definition) is 2. The first kappa shape index (κ1) is 21.5. The Morgan fingerprint density at radius 2 is 1.83 bits per heavy atom. The summed E-state index contributed by atoms with van der Waals surface area (Å²) in [4.78, 5) is 27.8. The zero-order valence-corrected chi connectivity index (χ0v) is 17.8. The van der Waals surface area contributed by atoms with Crippen LogP contribution in [0.4, 0.5) is 5.69 Å². The van der Waals surface area contributed by atoms with Crippen LogP contribution in [0.3, 0.4) is 0 Å². The second-order valence-corrected chi connectivity index (χ2v) is 8.60. The van der Waals surface area contributed by atoms with E-state index in [2.05, 4.69) is 29.4 Å². The fourth-order valence-corrected chi connectivity index (χ4v) is 4.09. The van der Waals surface area contributed by atoms with E-state index in [1.54, 1.807) is 30.3 Å². The van der Waals surface area contributed by atoms with Crippen LogP contribution in [-0.2, 0) is 4.74 Å². The predicted molar refractivity (Wildman–Crippen MR) is 117 cm³/mol. The lowest BCUT2D eigenvalue weighted by atomic mass is 10.0. The van der Waals surface area contributed by atoms with E-state index in [1.807, 2.05) is 11.4 Å². The third kappa shape index (κ3) is 6.39. The van der Waals surface area contributed by atoms with Crippen molar-refractivity contribution in [3.8, 4) is 0 Å². The van der Waals surface area contributed by atoms with Gasteiger partial charge in [-0.15, -0.1) is 11.3 Å². The number of carbonyl (C=O) groups is 2. The van der Waals surface area contributed by atoms with Gasteiger partial charge in [0, 0.05) is 36.9 Å². The van der Waals surface area contributed by atoms with Crippen LogP contribution in [-0.4, -0.2) is 55.6 Å². The number of benzene rings is 1. The van der Waals surface area contributed by atoms with Crippen LogP contribution in [0.15, 0.2) is 41.8 Å². The van der Waals surface area contributed by atoms with E-state index >= 15 is 0 Å². The first-order chi connectivity index (χ1) is 14.0. The number of carbonyl (C=O) groups excluding carboxylic acids is 2. The quantitative estimate of drug-likeness (QED) is 0.693. The molecule has 1 aromatic carbocycles. The molecule has 2 N–H and O–H groups in total. The average Bonchev–Trinajstić information content (AvgIpc) is 3.27. The molecule has 3 rings (SSSR count). The van der Waals surface area contributed by atoms with E-state index in [-0.39, 0.29) is 11.8 Å². The molecule has 1 aliphatic rings. The standard InChI is InChI=1S/C22H29N3O3S/c1-16(2)14-19(25-9-11-28-12-10-25)15-23-21(26)17-5-7-18(8-6-17)24-22(27)20-4-3-13-29-20/h3-8,13,16,19H,9-12,14-15H2,1-2H3,(H,23,26)(H,24,27). The van der Waals surface area contributed by atoms with Crippen LogP contribution >= 0.6 is 11.3 Å². The molecule has 6 nitrogen and oxygen atoms in total. The molecule has 1 saturated heterocycles. The molecule has 1 unspecified atom stereocenters. The summed E-state index contributed by atoms with van der Waals surface area (Å²) in [6, 6.07) is 10.9. The van der Waals surface area contributed by atoms with Gasteiger partial charge in [-0.25, -0.2) is 0 Å². The maximum Gasteiger partial charge on any atom is 0.265 e. The van der Waals surface area contributed by atoms with E-state index in [4.69, 9.17) is 4.74 Å². The zero-order valence-electron chi connectivity index (χ0n) is 17.0. The van der Waals surface area contributed by atoms with Gasteiger partial charge in [-0.3, -0.25) is 14.5 Å². The Hall–Kier alpha value is -2.22. The van der Waals surface area contributed by atoms with Gasteiger partial charge >= 0.3 is 0 Å². The van der Waals surface area contributed by atoms with Crippen LogP contribution < -0.4 is 10.6 Å². The van der Waals surface area contributed by atoms with Crippen molar-refractivity contribution in [1.29, 1.82) is 0 Å². The fraction of sp³-hybridized carbons (Fsp3) is 0.455. The minimum absolute atomic E-state index is 0.0943. The fourth-order valence-electron chi connectivity index (χ4n) is 3.47. The van der Waals surface area contributed by atoms with Crippen molar-refractivity contribution in [1.82, 2.24) is 10.2 Å². The van der Waals surface area contributed by atoms with Crippen molar-refractivity contribution in [2.24, 2.45) is 5.92 Å². The van der Waals surface area contributed by atoms with Crippen molar-refractivity contribution < 1.29 is 14.3 Å². The van der Waals surface area contributed by atoms with E-state index < -0.39 is 0 Å². The molecule has 0 aliphatic carbocycles. The molecule has 0 radical (unpaired) electrons. The summed E-state index contributed by atoms with van der Waals surface area (Å²) in [6.45, 7) is 8.35. The summed E-state index contributed by atoms with van der Waals surface area (Å²) in [5.74, 6) is 0.327. The highest BCUT2D eigenvalue weighted by Crippen LogP contribution is 2.15. The molecule has 2 heterocycles. The third-order valence-corrected chi connectivity index (χ3v) is 5.82. The van der Waals surface area contributed by atoms with Crippen LogP contribution in [0, 0.1) is 5.92 Å². The Labute approximate surface area is 176 Å². The molecule has 0 saturated carbocycles. The zero-order chi connectivity index (χ0) is 20.6. The maximum absolute atomic E-state index is 12.6. The number of nitrogens with one attached hydrogen (secondary N) is 2. The molecule has 1 fully saturated rings. The molecule has 2 amide bonds. The number of rotatable bonds is 8. The minimum Gasteiger partial charge on any atom is -0.379 e. The van der Waals surface area contributed by atoms with E-state index in [0.717, 1.165) is 32.7 Å². The number of nitrogens with zero attached hydrogens (tertiary/aromatic N) is 1. The normalized spacial score (nSPS) is 15.8. The molecule has 29 heavy (non-hydrogen) atoms. The van der Waals surface area contributed by atoms with Crippen molar-refractivity contribution in [2.45, 2.75) is 26.3 Å². The minimum atomic E-state index is -0.140. The number of morpholine rings is 1. The van der Waals surface area contributed by atoms with Gasteiger partial charge < -0.3 is 15.4 Å². The highest BCUT2D eigenvalue weighted by molar-refractivity contribution is 7.12. The SMILES string of the molecule is CC(C)CC(CNC(=O)c1ccc(NC(=O)c2cccs2)cc1)N1CCOCC1. The second-order valence-electron chi connectivity index (χ2n) is 7.65. The first-order valence-electron chi connectivity index (χ1n) is 10.1. The second kappa shape index (κ2) is 10.5. The van der Waals surface area contributed by atoms with E-state index in [9.17, 15) is 9.59 Å². The van der Waals surface area contributed by atoms with Crippen LogP contribution in [0.2, 0.25) is 0 Å². The summed E-state index contributed by atoms with van der Waals surface area (Å²) < 4.78 is 5.45. The number of ether oxygens (including phenoxy) is 1. The highest BCUT2D eigenvalue weighted by Gasteiger charge is 2.22. The number of thiophene rings is 1. The van der Waals surface area contributed by atoms with Gasteiger partial charge in [-0.05, 0) is 48.1 Å². The van der Waals surface area contributed by atoms with E-state index in [1.165, 1.54) is 11.3 Å². The molecule has 0 bridgehead atoms. The smallest absolute Gasteiger partial charge is 0.265 e. The topological polar surface area (TPSA) is 70.7 Å². The lowest BCUT2D eigenvalue weighted by Crippen LogP contribution is -2.49. The largest absolute Gasteiger partial charge is 0.379 e. The van der Waals surface area contributed by atoms with Gasteiger partial charge in [0.1, 0.15) is 0 Å². The van der Waals surface area contributed by atoms with Gasteiger partial charge in [0.15, 0.2) is 0 Å². The van der Waals surface area contributed by atoms with Crippen molar-refractivity contribution in [3.05, 3.63) is 52.2 Å². The predicted octanol–water partition coefficient (Wildman–Crippen LogP) is 3.48. The summed E-state index contributed by atoms with van der Waals surface area (Å²) in [7, 11) is 0. The van der Waals surface area contributed by atoms with Crippen LogP contribution in [0.25, 0.3) is 0 Å². The lowest BCUT2D eigenvalue weighted by molar-refractivity contribution is 0.0124. The summed E-state index contributed by atoms with van der Waals surface area (Å²) >= 11 is 1.40. The van der Waals surface area contributed by atoms with Gasteiger partial charge in [-0.2, -0.15) is 0 Å². The molecule has 7 heteroatoms. The van der Waals surface area contributed by atoms with Gasteiger partial charge in [0.25, 0.3) is 11.8 Å². The molecule has 2 aromatic rings. The summed E-state index contributed by atoms with van der Waals surface area (Å²) in [6.07, 6.45) is 1.04. The number of hydrogen-bond acceptors (Lipinski definition) is 5. The maximum atomic E-state index is 12.6. The van der Waals surface area contributed by atoms with Crippen molar-refractivity contribution in [3.63, 3.8) is 0 Å². The van der Waals surface area contributed by atoms with Crippen molar-refractivity contribution >= 4 is 28.8 Å². The Kier molecular flexibility index (Phi) is 7.80. The third-order valence-electron chi connectivity index (χ3n) is 4.95. The molecule has 156 valence electrons. The van der Waals surface area contributed by atoms with E-state index in [0.29, 0.717) is 34.6 Å². The Morgan fingerprint density at radius 1 is 1.10 bits per heavy atom. The first-order valence-corrected chi connectivity index (χ1v) is 11.0. The summed E-state index contributed by atoms with van der Waals surface area (Å²) in [5.41, 5.74) is 1.26. The van der Waals surface area contributed by atoms with Gasteiger partial charge in [0.05, 0.1) is 18.1 Å². The molecular weight excluding hydrogens is 386 g/mol. The Morgan fingerprint density at radius 3 is 2.45 bits per heavy atom. The number of amides is 2. The molecule has 0 spiro atoms.